The second kappa shape index (κ2) is 8.66. The van der Waals surface area contributed by atoms with Crippen molar-refractivity contribution in [1.29, 1.82) is 0 Å². The van der Waals surface area contributed by atoms with Crippen molar-refractivity contribution in [3.8, 4) is 11.5 Å². The molecule has 5 nitrogen and oxygen atoms in total. The number of aryl methyl sites for hydroxylation is 1. The predicted molar refractivity (Wildman–Crippen MR) is 125 cm³/mol. The smallest absolute Gasteiger partial charge is 0.416 e. The van der Waals surface area contributed by atoms with Crippen LogP contribution in [0.4, 0.5) is 18.9 Å². The number of aliphatic hydroxyl groups is 2. The quantitative estimate of drug-likeness (QED) is 0.455. The summed E-state index contributed by atoms with van der Waals surface area (Å²) in [4.78, 5) is 12.0. The Morgan fingerprint density at radius 3 is 2.34 bits per heavy atom. The monoisotopic (exact) mass is 488 g/mol. The van der Waals surface area contributed by atoms with Crippen LogP contribution in [0.25, 0.3) is 5.57 Å². The molecule has 0 aliphatic heterocycles. The molecule has 3 fully saturated rings. The van der Waals surface area contributed by atoms with Crippen molar-refractivity contribution in [1.82, 2.24) is 0 Å². The summed E-state index contributed by atoms with van der Waals surface area (Å²) >= 11 is 0. The first-order valence-electron chi connectivity index (χ1n) is 12.1. The fourth-order valence-electron chi connectivity index (χ4n) is 6.51. The first-order chi connectivity index (χ1) is 16.6. The van der Waals surface area contributed by atoms with E-state index in [1.165, 1.54) is 0 Å². The zero-order valence-electron chi connectivity index (χ0n) is 19.7. The Morgan fingerprint density at radius 1 is 1.06 bits per heavy atom. The maximum Gasteiger partial charge on any atom is 0.416 e. The van der Waals surface area contributed by atoms with Crippen LogP contribution in [0.1, 0.15) is 49.3 Å². The van der Waals surface area contributed by atoms with Crippen molar-refractivity contribution in [2.75, 3.05) is 7.05 Å². The molecule has 0 aromatic heterocycles. The number of hydrogen-bond acceptors (Lipinski definition) is 4. The molecule has 2 bridgehead atoms. The normalized spacial score (nSPS) is 27.8. The van der Waals surface area contributed by atoms with Crippen molar-refractivity contribution in [3.63, 3.8) is 0 Å². The van der Waals surface area contributed by atoms with E-state index in [1.807, 2.05) is 13.0 Å². The highest BCUT2D eigenvalue weighted by atomic mass is 19.4. The van der Waals surface area contributed by atoms with Gasteiger partial charge in [-0.2, -0.15) is 13.2 Å². The molecule has 3 unspecified atom stereocenters. The van der Waals surface area contributed by atoms with Crippen molar-refractivity contribution >= 4 is 11.3 Å². The third kappa shape index (κ3) is 4.01. The molecule has 2 N–H and O–H groups in total. The van der Waals surface area contributed by atoms with Gasteiger partial charge in [0.15, 0.2) is 7.05 Å². The summed E-state index contributed by atoms with van der Waals surface area (Å²) in [6, 6.07) is 7.99. The van der Waals surface area contributed by atoms with E-state index in [2.05, 4.69) is 0 Å². The van der Waals surface area contributed by atoms with Crippen LogP contribution in [-0.2, 0) is 12.6 Å². The zero-order chi connectivity index (χ0) is 25.1. The minimum atomic E-state index is -4.59. The van der Waals surface area contributed by atoms with Crippen molar-refractivity contribution in [2.24, 2.45) is 23.7 Å². The van der Waals surface area contributed by atoms with Crippen LogP contribution < -0.4 is 4.74 Å². The number of rotatable bonds is 5. The third-order valence-electron chi connectivity index (χ3n) is 8.14. The lowest BCUT2D eigenvalue weighted by atomic mass is 9.59. The Labute approximate surface area is 201 Å². The maximum atomic E-state index is 13.1. The Kier molecular flexibility index (Phi) is 5.90. The molecule has 3 saturated carbocycles. The molecule has 8 heteroatoms. The van der Waals surface area contributed by atoms with Crippen molar-refractivity contribution in [2.45, 2.75) is 51.3 Å². The summed E-state index contributed by atoms with van der Waals surface area (Å²) in [5.41, 5.74) is 0.970. The standard InChI is InChI=1S/C27H28F3NO4/c1-3-14-8-10-18(35-21-11-9-17(27(28,29)30)12-20(21)31(2)34)13-19(14)24-25(32)22-15-4-5-16(7-6-15)23(22)26(24)33/h8-13,15-16,22-23,25,32H,3-7H2,1-2H3/p+1. The summed E-state index contributed by atoms with van der Waals surface area (Å²) < 4.78 is 45.7. The van der Waals surface area contributed by atoms with E-state index in [4.69, 9.17) is 4.74 Å². The molecular weight excluding hydrogens is 459 g/mol. The molecule has 4 aliphatic carbocycles. The van der Waals surface area contributed by atoms with Gasteiger partial charge >= 0.3 is 6.18 Å². The minimum Gasteiger partial charge on any atom is -0.512 e. The molecule has 2 aromatic carbocycles. The zero-order valence-corrected chi connectivity index (χ0v) is 19.7. The summed E-state index contributed by atoms with van der Waals surface area (Å²) in [5.74, 6) is 1.32. The van der Waals surface area contributed by atoms with Gasteiger partial charge in [-0.15, -0.1) is 0 Å². The summed E-state index contributed by atoms with van der Waals surface area (Å²) in [5, 5.41) is 22.6. The van der Waals surface area contributed by atoms with Gasteiger partial charge in [-0.1, -0.05) is 13.0 Å². The number of nitrogens with zero attached hydrogens (tertiary/aromatic N) is 1. The number of fused-ring (bicyclic) bond motifs is 2. The number of halogens is 3. The fraction of sp³-hybridized carbons (Fsp3) is 0.481. The SMILES string of the molecule is CCc1ccc(Oc2ccc(C(F)(F)F)cc2[N+](C)=O)cc1C1=C(O)C2C3CCC(CC3)C2C1O. The first kappa shape index (κ1) is 23.9. The van der Waals surface area contributed by atoms with Crippen LogP contribution >= 0.6 is 0 Å². The van der Waals surface area contributed by atoms with E-state index in [1.54, 1.807) is 12.1 Å². The molecule has 4 aliphatic rings. The van der Waals surface area contributed by atoms with E-state index in [0.29, 0.717) is 39.9 Å². The molecule has 0 heterocycles. The number of benzene rings is 2. The van der Waals surface area contributed by atoms with Crippen LogP contribution in [-0.4, -0.2) is 28.1 Å². The van der Waals surface area contributed by atoms with E-state index >= 15 is 0 Å². The molecular formula is C27H29F3NO4+. The number of allylic oxidation sites excluding steroid dienone is 1. The van der Waals surface area contributed by atoms with Crippen LogP contribution in [0.5, 0.6) is 11.5 Å². The van der Waals surface area contributed by atoms with E-state index in [-0.39, 0.29) is 29.0 Å². The van der Waals surface area contributed by atoms with Gasteiger partial charge < -0.3 is 14.9 Å². The average Bonchev–Trinajstić information content (AvgIpc) is 3.11. The molecule has 0 radical (unpaired) electrons. The summed E-state index contributed by atoms with van der Waals surface area (Å²) in [6.07, 6.45) is -0.408. The van der Waals surface area contributed by atoms with E-state index < -0.39 is 17.8 Å². The van der Waals surface area contributed by atoms with Crippen LogP contribution in [0.3, 0.4) is 0 Å². The second-order valence-electron chi connectivity index (χ2n) is 9.97. The van der Waals surface area contributed by atoms with Gasteiger partial charge in [0.25, 0.3) is 5.69 Å². The highest BCUT2D eigenvalue weighted by molar-refractivity contribution is 5.77. The Hall–Kier alpha value is -2.87. The van der Waals surface area contributed by atoms with E-state index in [9.17, 15) is 28.3 Å². The highest BCUT2D eigenvalue weighted by Crippen LogP contribution is 2.59. The lowest BCUT2D eigenvalue weighted by Gasteiger charge is -2.46. The molecule has 186 valence electrons. The van der Waals surface area contributed by atoms with Gasteiger partial charge in [-0.3, -0.25) is 0 Å². The fourth-order valence-corrected chi connectivity index (χ4v) is 6.51. The van der Waals surface area contributed by atoms with Crippen molar-refractivity contribution < 1.29 is 32.9 Å². The van der Waals surface area contributed by atoms with Gasteiger partial charge in [-0.05, 0) is 79.3 Å². The number of hydrogen-bond donors (Lipinski definition) is 2. The molecule has 0 saturated heterocycles. The van der Waals surface area contributed by atoms with Gasteiger partial charge in [0.05, 0.1) is 11.7 Å². The van der Waals surface area contributed by atoms with Gasteiger partial charge in [-0.25, -0.2) is 0 Å². The summed E-state index contributed by atoms with van der Waals surface area (Å²) in [7, 11) is 1.11. The number of alkyl halides is 3. The van der Waals surface area contributed by atoms with Crippen LogP contribution in [0, 0.1) is 28.6 Å². The largest absolute Gasteiger partial charge is 0.512 e. The molecule has 3 atom stereocenters. The lowest BCUT2D eigenvalue weighted by Crippen LogP contribution is -2.42. The molecule has 0 amide bonds. The lowest BCUT2D eigenvalue weighted by molar-refractivity contribution is -0.429. The van der Waals surface area contributed by atoms with Crippen molar-refractivity contribution in [3.05, 3.63) is 63.8 Å². The Morgan fingerprint density at radius 2 is 1.74 bits per heavy atom. The summed E-state index contributed by atoms with van der Waals surface area (Å²) in [6.45, 7) is 1.98. The third-order valence-corrected chi connectivity index (χ3v) is 8.14. The molecule has 6 rings (SSSR count). The molecule has 35 heavy (non-hydrogen) atoms. The number of nitroso groups, excluding NO2 is 1. The van der Waals surface area contributed by atoms with Crippen LogP contribution in [0.15, 0.2) is 42.2 Å². The van der Waals surface area contributed by atoms with E-state index in [0.717, 1.165) is 56.5 Å². The highest BCUT2D eigenvalue weighted by Gasteiger charge is 2.54. The molecule has 0 spiro atoms. The predicted octanol–water partition coefficient (Wildman–Crippen LogP) is 6.80. The average molecular weight is 489 g/mol. The van der Waals surface area contributed by atoms with Crippen LogP contribution in [0.2, 0.25) is 0 Å². The maximum absolute atomic E-state index is 13.1. The Balaban J connectivity index is 1.53. The topological polar surface area (TPSA) is 69.8 Å². The first-order valence-corrected chi connectivity index (χ1v) is 12.1. The van der Waals surface area contributed by atoms with Gasteiger partial charge in [0.2, 0.25) is 5.75 Å². The molecule has 2 aromatic rings. The number of aliphatic hydroxyl groups excluding tert-OH is 2. The van der Waals surface area contributed by atoms with Gasteiger partial charge in [0.1, 0.15) is 11.5 Å². The Bertz CT molecular complexity index is 1200. The number of ether oxygens (including phenoxy) is 1. The second-order valence-corrected chi connectivity index (χ2v) is 9.97. The van der Waals surface area contributed by atoms with Gasteiger partial charge in [0, 0.05) is 33.1 Å². The minimum absolute atomic E-state index is 0.0115.